The molecule has 3 aromatic rings. The van der Waals surface area contributed by atoms with Crippen LogP contribution in [0, 0.1) is 5.82 Å². The molecule has 0 atom stereocenters. The van der Waals surface area contributed by atoms with Crippen LogP contribution in [0.3, 0.4) is 0 Å². The number of imide groups is 2. The van der Waals surface area contributed by atoms with Crippen LogP contribution in [0.15, 0.2) is 75.2 Å². The number of nitrogens with zero attached hydrogens (tertiary/aromatic N) is 1. The normalized spacial score (nSPS) is 15.0. The number of ether oxygens (including phenoxy) is 1. The lowest BCUT2D eigenvalue weighted by Crippen LogP contribution is -2.54. The van der Waals surface area contributed by atoms with Gasteiger partial charge in [0, 0.05) is 10.0 Å². The van der Waals surface area contributed by atoms with Gasteiger partial charge in [-0.1, -0.05) is 28.1 Å². The quantitative estimate of drug-likeness (QED) is 0.311. The van der Waals surface area contributed by atoms with E-state index in [0.717, 1.165) is 4.90 Å². The van der Waals surface area contributed by atoms with Crippen LogP contribution in [0.5, 0.6) is 11.5 Å². The lowest BCUT2D eigenvalue weighted by atomic mass is 10.1. The van der Waals surface area contributed by atoms with Crippen molar-refractivity contribution in [1.29, 1.82) is 0 Å². The molecule has 0 saturated carbocycles. The number of urea groups is 1. The molecule has 4 amide bonds. The zero-order chi connectivity index (χ0) is 24.4. The molecule has 1 saturated heterocycles. The first kappa shape index (κ1) is 23.7. The Morgan fingerprint density at radius 3 is 2.47 bits per heavy atom. The first-order chi connectivity index (χ1) is 16.2. The highest BCUT2D eigenvalue weighted by Crippen LogP contribution is 2.35. The number of anilines is 1. The van der Waals surface area contributed by atoms with Crippen LogP contribution in [0.4, 0.5) is 14.9 Å². The maximum absolute atomic E-state index is 13.5. The van der Waals surface area contributed by atoms with Crippen LogP contribution in [-0.2, 0) is 16.2 Å². The highest BCUT2D eigenvalue weighted by molar-refractivity contribution is 9.11. The fourth-order valence-electron chi connectivity index (χ4n) is 3.27. The molecule has 0 radical (unpaired) electrons. The van der Waals surface area contributed by atoms with Gasteiger partial charge in [0.05, 0.1) is 10.2 Å². The minimum Gasteiger partial charge on any atom is -0.508 e. The molecular weight excluding hydrogens is 575 g/mol. The Morgan fingerprint density at radius 2 is 1.76 bits per heavy atom. The predicted molar refractivity (Wildman–Crippen MR) is 130 cm³/mol. The highest BCUT2D eigenvalue weighted by Gasteiger charge is 2.37. The summed E-state index contributed by atoms with van der Waals surface area (Å²) in [6.07, 6.45) is 1.31. The molecule has 0 bridgehead atoms. The molecule has 1 fully saturated rings. The smallest absolute Gasteiger partial charge is 0.335 e. The number of barbiturate groups is 1. The van der Waals surface area contributed by atoms with Crippen molar-refractivity contribution in [2.75, 3.05) is 4.90 Å². The van der Waals surface area contributed by atoms with Gasteiger partial charge in [0.2, 0.25) is 0 Å². The first-order valence-electron chi connectivity index (χ1n) is 9.79. The van der Waals surface area contributed by atoms with Gasteiger partial charge in [0.1, 0.15) is 29.5 Å². The van der Waals surface area contributed by atoms with E-state index in [1.165, 1.54) is 42.5 Å². The van der Waals surface area contributed by atoms with Gasteiger partial charge >= 0.3 is 6.03 Å². The van der Waals surface area contributed by atoms with Crippen LogP contribution in [0.1, 0.15) is 11.1 Å². The second kappa shape index (κ2) is 9.78. The number of hydrogen-bond donors (Lipinski definition) is 2. The van der Waals surface area contributed by atoms with Crippen LogP contribution in [0.2, 0.25) is 0 Å². The number of benzene rings is 3. The molecule has 2 N–H and O–H groups in total. The molecule has 3 aromatic carbocycles. The number of phenols is 1. The summed E-state index contributed by atoms with van der Waals surface area (Å²) in [7, 11) is 0. The van der Waals surface area contributed by atoms with Gasteiger partial charge in [-0.05, 0) is 76.1 Å². The van der Waals surface area contributed by atoms with Gasteiger partial charge in [-0.25, -0.2) is 14.1 Å². The summed E-state index contributed by atoms with van der Waals surface area (Å²) >= 11 is 6.79. The number of phenolic OH excluding ortho intramolecular Hbond substituents is 1. The van der Waals surface area contributed by atoms with E-state index in [0.29, 0.717) is 25.8 Å². The van der Waals surface area contributed by atoms with Gasteiger partial charge in [0.25, 0.3) is 11.8 Å². The van der Waals surface area contributed by atoms with Crippen molar-refractivity contribution >= 4 is 61.5 Å². The number of carbonyl (C=O) groups is 3. The molecule has 172 valence electrons. The van der Waals surface area contributed by atoms with Crippen molar-refractivity contribution < 1.29 is 28.6 Å². The predicted octanol–water partition coefficient (Wildman–Crippen LogP) is 5.30. The topological polar surface area (TPSA) is 95.9 Å². The minimum atomic E-state index is -0.907. The Morgan fingerprint density at radius 1 is 1.03 bits per heavy atom. The van der Waals surface area contributed by atoms with E-state index >= 15 is 0 Å². The molecular formula is C24H15Br2FN2O5. The molecule has 1 heterocycles. The number of carbonyl (C=O) groups excluding carboxylic acids is 3. The van der Waals surface area contributed by atoms with Crippen molar-refractivity contribution in [3.8, 4) is 11.5 Å². The van der Waals surface area contributed by atoms with Gasteiger partial charge in [-0.2, -0.15) is 0 Å². The first-order valence-corrected chi connectivity index (χ1v) is 11.4. The largest absolute Gasteiger partial charge is 0.508 e. The third kappa shape index (κ3) is 5.02. The number of halogens is 3. The van der Waals surface area contributed by atoms with Crippen molar-refractivity contribution in [1.82, 2.24) is 5.32 Å². The fraction of sp³-hybridized carbons (Fsp3) is 0.0417. The Labute approximate surface area is 210 Å². The molecule has 0 aliphatic carbocycles. The van der Waals surface area contributed by atoms with E-state index in [4.69, 9.17) is 4.74 Å². The van der Waals surface area contributed by atoms with Gasteiger partial charge in [-0.3, -0.25) is 14.9 Å². The van der Waals surface area contributed by atoms with Crippen LogP contribution in [0.25, 0.3) is 6.08 Å². The summed E-state index contributed by atoms with van der Waals surface area (Å²) in [6.45, 7) is 0.0342. The molecule has 34 heavy (non-hydrogen) atoms. The van der Waals surface area contributed by atoms with Crippen molar-refractivity contribution in [2.45, 2.75) is 6.61 Å². The fourth-order valence-corrected chi connectivity index (χ4v) is 4.64. The molecule has 0 unspecified atom stereocenters. The third-order valence-electron chi connectivity index (χ3n) is 4.82. The van der Waals surface area contributed by atoms with Gasteiger partial charge < -0.3 is 9.84 Å². The average molecular weight is 590 g/mol. The number of aromatic hydroxyl groups is 1. The van der Waals surface area contributed by atoms with Gasteiger partial charge in [0.15, 0.2) is 0 Å². The molecule has 7 nitrogen and oxygen atoms in total. The van der Waals surface area contributed by atoms with E-state index in [-0.39, 0.29) is 23.6 Å². The summed E-state index contributed by atoms with van der Waals surface area (Å²) < 4.78 is 20.6. The number of hydrogen-bond acceptors (Lipinski definition) is 5. The zero-order valence-electron chi connectivity index (χ0n) is 17.2. The minimum absolute atomic E-state index is 0.0342. The van der Waals surface area contributed by atoms with Crippen molar-refractivity contribution in [2.24, 2.45) is 0 Å². The van der Waals surface area contributed by atoms with E-state index in [2.05, 4.69) is 37.2 Å². The second-order valence-corrected chi connectivity index (χ2v) is 8.97. The number of rotatable bonds is 5. The summed E-state index contributed by atoms with van der Waals surface area (Å²) in [6, 6.07) is 13.8. The van der Waals surface area contributed by atoms with Gasteiger partial charge in [-0.15, -0.1) is 0 Å². The van der Waals surface area contributed by atoms with Crippen LogP contribution < -0.4 is 15.0 Å². The molecule has 0 spiro atoms. The SMILES string of the molecule is O=C1NC(=O)N(c2ccc(O)cc2)C(=O)/C1=C/c1cc(Br)cc(Br)c1OCc1cccc(F)c1. The lowest BCUT2D eigenvalue weighted by molar-refractivity contribution is -0.122. The number of amides is 4. The summed E-state index contributed by atoms with van der Waals surface area (Å²) in [4.78, 5) is 38.9. The molecule has 0 aromatic heterocycles. The summed E-state index contributed by atoms with van der Waals surface area (Å²) in [5.74, 6) is -1.83. The Balaban J connectivity index is 1.71. The zero-order valence-corrected chi connectivity index (χ0v) is 20.4. The standard InChI is InChI=1S/C24H15Br2FN2O5/c25-15-9-14(21(20(26)11-15)34-12-13-2-1-3-16(27)8-13)10-19-22(31)28-24(33)29(23(19)32)17-4-6-18(30)7-5-17/h1-11,30H,12H2,(H,28,31,33)/b19-10+. The second-order valence-electron chi connectivity index (χ2n) is 7.20. The van der Waals surface area contributed by atoms with Crippen LogP contribution >= 0.6 is 31.9 Å². The van der Waals surface area contributed by atoms with Crippen LogP contribution in [-0.4, -0.2) is 23.0 Å². The van der Waals surface area contributed by atoms with Crippen molar-refractivity contribution in [3.63, 3.8) is 0 Å². The van der Waals surface area contributed by atoms with E-state index in [1.807, 2.05) is 0 Å². The lowest BCUT2D eigenvalue weighted by Gasteiger charge is -2.26. The highest BCUT2D eigenvalue weighted by atomic mass is 79.9. The van der Waals surface area contributed by atoms with Crippen molar-refractivity contribution in [3.05, 3.63) is 92.1 Å². The van der Waals surface area contributed by atoms with E-state index < -0.39 is 23.7 Å². The Kier molecular flexibility index (Phi) is 6.80. The summed E-state index contributed by atoms with van der Waals surface area (Å²) in [5.41, 5.74) is 0.838. The average Bonchev–Trinajstić information content (AvgIpc) is 2.77. The third-order valence-corrected chi connectivity index (χ3v) is 5.87. The molecule has 1 aliphatic rings. The monoisotopic (exact) mass is 588 g/mol. The molecule has 10 heteroatoms. The summed E-state index contributed by atoms with van der Waals surface area (Å²) in [5, 5.41) is 11.6. The Hall–Kier alpha value is -3.50. The number of nitrogens with one attached hydrogen (secondary N) is 1. The Bertz CT molecular complexity index is 1340. The van der Waals surface area contributed by atoms with E-state index in [9.17, 15) is 23.9 Å². The molecule has 1 aliphatic heterocycles. The van der Waals surface area contributed by atoms with E-state index in [1.54, 1.807) is 24.3 Å². The molecule has 4 rings (SSSR count). The maximum Gasteiger partial charge on any atom is 0.335 e. The maximum atomic E-state index is 13.5.